The number of H-pyrrole nitrogens is 1. The Bertz CT molecular complexity index is 655. The normalized spacial score (nSPS) is 10.1. The highest BCUT2D eigenvalue weighted by atomic mass is 79.9. The van der Waals surface area contributed by atoms with Crippen molar-refractivity contribution in [3.05, 3.63) is 61.9 Å². The predicted octanol–water partition coefficient (Wildman–Crippen LogP) is 3.04. The molecule has 92 valence electrons. The molecule has 0 atom stereocenters. The van der Waals surface area contributed by atoms with Crippen LogP contribution in [0.4, 0.5) is 5.69 Å². The van der Waals surface area contributed by atoms with Crippen LogP contribution in [0.2, 0.25) is 5.02 Å². The first-order chi connectivity index (χ1) is 8.56. The zero-order valence-electron chi connectivity index (χ0n) is 9.04. The first-order valence-corrected chi connectivity index (χ1v) is 6.19. The van der Waals surface area contributed by atoms with Crippen LogP contribution in [0.25, 0.3) is 0 Å². The number of hydrogen-bond acceptors (Lipinski definition) is 2. The number of carbonyl (C=O) groups excluding carboxylic acids is 1. The number of aromatic nitrogens is 1. The molecule has 0 saturated carbocycles. The molecule has 1 aromatic carbocycles. The van der Waals surface area contributed by atoms with Crippen molar-refractivity contribution in [3.63, 3.8) is 0 Å². The summed E-state index contributed by atoms with van der Waals surface area (Å²) in [6.07, 6.45) is 0. The zero-order chi connectivity index (χ0) is 13.1. The van der Waals surface area contributed by atoms with Crippen molar-refractivity contribution >= 4 is 39.1 Å². The van der Waals surface area contributed by atoms with E-state index in [1.54, 1.807) is 18.2 Å². The molecule has 0 fully saturated rings. The van der Waals surface area contributed by atoms with Crippen molar-refractivity contribution in [1.29, 1.82) is 0 Å². The fourth-order valence-corrected chi connectivity index (χ4v) is 2.08. The molecule has 0 aliphatic heterocycles. The van der Waals surface area contributed by atoms with Crippen LogP contribution in [0.5, 0.6) is 0 Å². The van der Waals surface area contributed by atoms with Crippen molar-refractivity contribution in [2.45, 2.75) is 0 Å². The number of rotatable bonds is 2. The Morgan fingerprint density at radius 2 is 2.06 bits per heavy atom. The Labute approximate surface area is 116 Å². The lowest BCUT2D eigenvalue weighted by atomic mass is 10.3. The van der Waals surface area contributed by atoms with E-state index < -0.39 is 5.91 Å². The second-order valence-corrected chi connectivity index (χ2v) is 4.83. The molecule has 2 aromatic rings. The summed E-state index contributed by atoms with van der Waals surface area (Å²) in [6, 6.07) is 9.47. The summed E-state index contributed by atoms with van der Waals surface area (Å²) in [4.78, 5) is 25.4. The summed E-state index contributed by atoms with van der Waals surface area (Å²) in [5.41, 5.74) is 0.334. The van der Waals surface area contributed by atoms with Crippen LogP contribution in [-0.4, -0.2) is 10.9 Å². The molecule has 0 aliphatic carbocycles. The average Bonchev–Trinajstić information content (AvgIpc) is 2.32. The van der Waals surface area contributed by atoms with E-state index in [9.17, 15) is 9.59 Å². The van der Waals surface area contributed by atoms with E-state index >= 15 is 0 Å². The Morgan fingerprint density at radius 1 is 1.28 bits per heavy atom. The van der Waals surface area contributed by atoms with Crippen molar-refractivity contribution in [2.75, 3.05) is 5.32 Å². The summed E-state index contributed by atoms with van der Waals surface area (Å²) < 4.78 is 0.818. The van der Waals surface area contributed by atoms with Crippen LogP contribution in [0.3, 0.4) is 0 Å². The van der Waals surface area contributed by atoms with Crippen molar-refractivity contribution < 1.29 is 4.79 Å². The van der Waals surface area contributed by atoms with Gasteiger partial charge in [0.25, 0.3) is 5.91 Å². The van der Waals surface area contributed by atoms with Gasteiger partial charge in [-0.15, -0.1) is 0 Å². The minimum Gasteiger partial charge on any atom is -0.319 e. The Morgan fingerprint density at radius 3 is 2.72 bits per heavy atom. The Hall–Kier alpha value is -1.59. The quantitative estimate of drug-likeness (QED) is 0.890. The van der Waals surface area contributed by atoms with Gasteiger partial charge < -0.3 is 10.3 Å². The number of anilines is 1. The third-order valence-corrected chi connectivity index (χ3v) is 3.00. The van der Waals surface area contributed by atoms with Crippen molar-refractivity contribution in [3.8, 4) is 0 Å². The number of carbonyl (C=O) groups is 1. The highest BCUT2D eigenvalue weighted by Crippen LogP contribution is 2.25. The lowest BCUT2D eigenvalue weighted by Crippen LogP contribution is -2.18. The van der Waals surface area contributed by atoms with Crippen LogP contribution < -0.4 is 10.9 Å². The van der Waals surface area contributed by atoms with Gasteiger partial charge in [-0.25, -0.2) is 0 Å². The zero-order valence-corrected chi connectivity index (χ0v) is 11.4. The van der Waals surface area contributed by atoms with Crippen LogP contribution in [0, 0.1) is 0 Å². The molecule has 0 unspecified atom stereocenters. The number of benzene rings is 1. The number of hydrogen-bond donors (Lipinski definition) is 2. The number of nitrogens with one attached hydrogen (secondary N) is 2. The Kier molecular flexibility index (Phi) is 3.84. The number of halogens is 2. The minimum atomic E-state index is -0.420. The van der Waals surface area contributed by atoms with Crippen LogP contribution >= 0.6 is 27.5 Å². The summed E-state index contributed by atoms with van der Waals surface area (Å²) >= 11 is 9.25. The van der Waals surface area contributed by atoms with Gasteiger partial charge in [0.2, 0.25) is 5.56 Å². The van der Waals surface area contributed by atoms with Crippen molar-refractivity contribution in [2.24, 2.45) is 0 Å². The molecule has 2 rings (SSSR count). The summed E-state index contributed by atoms with van der Waals surface area (Å²) in [7, 11) is 0. The van der Waals surface area contributed by atoms with Gasteiger partial charge in [-0.05, 0) is 24.3 Å². The van der Waals surface area contributed by atoms with Crippen LogP contribution in [0.15, 0.2) is 45.7 Å². The molecular formula is C12H8BrClN2O2. The molecule has 0 saturated heterocycles. The highest BCUT2D eigenvalue weighted by molar-refractivity contribution is 9.10. The van der Waals surface area contributed by atoms with E-state index in [0.717, 1.165) is 4.47 Å². The Balaban J connectivity index is 2.24. The summed E-state index contributed by atoms with van der Waals surface area (Å²) in [5.74, 6) is -0.420. The van der Waals surface area contributed by atoms with E-state index in [2.05, 4.69) is 26.2 Å². The smallest absolute Gasteiger partial charge is 0.272 e. The monoisotopic (exact) mass is 326 g/mol. The van der Waals surface area contributed by atoms with Crippen LogP contribution in [0.1, 0.15) is 10.5 Å². The van der Waals surface area contributed by atoms with E-state index in [1.165, 1.54) is 18.2 Å². The van der Waals surface area contributed by atoms with Gasteiger partial charge in [0.1, 0.15) is 5.69 Å². The number of amides is 1. The highest BCUT2D eigenvalue weighted by Gasteiger charge is 2.09. The molecule has 1 heterocycles. The first-order valence-electron chi connectivity index (χ1n) is 5.02. The number of pyridine rings is 1. The summed E-state index contributed by atoms with van der Waals surface area (Å²) in [6.45, 7) is 0. The molecular weight excluding hydrogens is 320 g/mol. The predicted molar refractivity (Wildman–Crippen MR) is 74.2 cm³/mol. The lowest BCUT2D eigenvalue weighted by Gasteiger charge is -2.07. The third-order valence-electron chi connectivity index (χ3n) is 2.19. The van der Waals surface area contributed by atoms with E-state index in [0.29, 0.717) is 10.7 Å². The van der Waals surface area contributed by atoms with E-state index in [-0.39, 0.29) is 11.3 Å². The van der Waals surface area contributed by atoms with Gasteiger partial charge in [-0.2, -0.15) is 0 Å². The molecule has 2 N–H and O–H groups in total. The fraction of sp³-hybridized carbons (Fsp3) is 0. The van der Waals surface area contributed by atoms with Gasteiger partial charge in [0.05, 0.1) is 10.7 Å². The van der Waals surface area contributed by atoms with E-state index in [4.69, 9.17) is 11.6 Å². The maximum Gasteiger partial charge on any atom is 0.272 e. The third kappa shape index (κ3) is 3.00. The molecule has 0 radical (unpaired) electrons. The second-order valence-electron chi connectivity index (χ2n) is 3.51. The maximum atomic E-state index is 11.9. The fourth-order valence-electron chi connectivity index (χ4n) is 1.36. The molecule has 4 nitrogen and oxygen atoms in total. The van der Waals surface area contributed by atoms with E-state index in [1.807, 2.05) is 0 Å². The molecule has 1 amide bonds. The van der Waals surface area contributed by atoms with Gasteiger partial charge >= 0.3 is 0 Å². The van der Waals surface area contributed by atoms with Gasteiger partial charge in [-0.3, -0.25) is 9.59 Å². The largest absolute Gasteiger partial charge is 0.319 e. The molecule has 0 spiro atoms. The molecule has 1 aromatic heterocycles. The topological polar surface area (TPSA) is 62.0 Å². The SMILES string of the molecule is O=C(Nc1ccc(Br)cc1Cl)c1cccc(=O)[nH]1. The van der Waals surface area contributed by atoms with Crippen LogP contribution in [-0.2, 0) is 0 Å². The molecule has 0 aliphatic rings. The lowest BCUT2D eigenvalue weighted by molar-refractivity contribution is 0.102. The minimum absolute atomic E-state index is 0.182. The maximum absolute atomic E-state index is 11.9. The van der Waals surface area contributed by atoms with Gasteiger partial charge in [-0.1, -0.05) is 33.6 Å². The average molecular weight is 328 g/mol. The summed E-state index contributed by atoms with van der Waals surface area (Å²) in [5, 5.41) is 3.03. The van der Waals surface area contributed by atoms with Gasteiger partial charge in [0.15, 0.2) is 0 Å². The number of aromatic amines is 1. The van der Waals surface area contributed by atoms with Gasteiger partial charge in [0, 0.05) is 10.5 Å². The van der Waals surface area contributed by atoms with Crippen molar-refractivity contribution in [1.82, 2.24) is 4.98 Å². The molecule has 18 heavy (non-hydrogen) atoms. The second kappa shape index (κ2) is 5.37. The molecule has 0 bridgehead atoms. The first kappa shape index (κ1) is 12.9. The molecule has 6 heteroatoms. The standard InChI is InChI=1S/C12H8BrClN2O2/c13-7-4-5-9(8(14)6-7)16-12(18)10-2-1-3-11(17)15-10/h1-6H,(H,15,17)(H,16,18).